The third-order valence-corrected chi connectivity index (χ3v) is 11.3. The molecule has 0 spiro atoms. The highest BCUT2D eigenvalue weighted by molar-refractivity contribution is 8.18. The highest BCUT2D eigenvalue weighted by Crippen LogP contribution is 2.59. The SMILES string of the molecule is Cc1cccnc1[C@@H]([SH]1C[C@H](O)[C@H](n2cc(-c3cc(F)c(F)c(F)c3)nn2)[C@@H](O)[C@H]1CO)C1(O)CCOCC1. The van der Waals surface area contributed by atoms with E-state index >= 15 is 0 Å². The summed E-state index contributed by atoms with van der Waals surface area (Å²) in [5.41, 5.74) is 0.255. The van der Waals surface area contributed by atoms with E-state index in [9.17, 15) is 33.6 Å². The predicted molar refractivity (Wildman–Crippen MR) is 138 cm³/mol. The minimum atomic E-state index is -1.60. The molecule has 0 bridgehead atoms. The average Bonchev–Trinajstić information content (AvgIpc) is 3.38. The van der Waals surface area contributed by atoms with Crippen LogP contribution in [0.3, 0.4) is 0 Å². The fraction of sp³-hybridized carbons (Fsp3) is 0.500. The maximum Gasteiger partial charge on any atom is 0.194 e. The highest BCUT2D eigenvalue weighted by atomic mass is 32.2. The Morgan fingerprint density at radius 3 is 2.51 bits per heavy atom. The second-order valence-corrected chi connectivity index (χ2v) is 12.7. The fourth-order valence-electron chi connectivity index (χ4n) is 5.71. The maximum atomic E-state index is 13.8. The molecular weight excluding hydrogens is 537 g/mol. The number of hydrogen-bond acceptors (Lipinski definition) is 8. The first-order valence-corrected chi connectivity index (χ1v) is 14.3. The minimum Gasteiger partial charge on any atom is -0.395 e. The standard InChI is InChI=1S/C26H31F3N4O5S/c1-14-3-2-6-30-22(14)25(26(37)4-7-38-8-5-26)39-13-19(35)23(24(36)20(39)12-34)33-11-18(31-32-33)15-9-16(27)21(29)17(28)10-15/h2-3,6,9-11,19-20,23-25,34-37,39H,4-5,7-8,12-13H2,1H3/t19-,20+,23-,24-,25+/m0/s1. The summed E-state index contributed by atoms with van der Waals surface area (Å²) in [5, 5.41) is 51.8. The van der Waals surface area contributed by atoms with Gasteiger partial charge in [-0.2, -0.15) is 0 Å². The van der Waals surface area contributed by atoms with Gasteiger partial charge in [0.1, 0.15) is 11.7 Å². The van der Waals surface area contributed by atoms with E-state index in [2.05, 4.69) is 15.3 Å². The summed E-state index contributed by atoms with van der Waals surface area (Å²) in [4.78, 5) is 4.58. The normalized spacial score (nSPS) is 28.8. The van der Waals surface area contributed by atoms with Crippen LogP contribution in [0, 0.1) is 24.4 Å². The third-order valence-electron chi connectivity index (χ3n) is 7.75. The summed E-state index contributed by atoms with van der Waals surface area (Å²) in [6.45, 7) is 2.18. The van der Waals surface area contributed by atoms with Crippen LogP contribution in [0.25, 0.3) is 11.3 Å². The Bertz CT molecular complexity index is 1300. The largest absolute Gasteiger partial charge is 0.395 e. The summed E-state index contributed by atoms with van der Waals surface area (Å²) in [6, 6.07) is 4.21. The number of ether oxygens (including phenoxy) is 1. The molecule has 0 radical (unpaired) electrons. The first-order chi connectivity index (χ1) is 18.6. The zero-order chi connectivity index (χ0) is 27.9. The van der Waals surface area contributed by atoms with E-state index in [4.69, 9.17) is 4.74 Å². The fourth-order valence-corrected chi connectivity index (χ4v) is 9.47. The number of aliphatic hydroxyl groups is 4. The van der Waals surface area contributed by atoms with Gasteiger partial charge in [-0.05, 0) is 30.7 Å². The summed E-state index contributed by atoms with van der Waals surface area (Å²) in [6.07, 6.45) is 1.18. The van der Waals surface area contributed by atoms with E-state index in [-0.39, 0.29) is 17.0 Å². The van der Waals surface area contributed by atoms with Crippen molar-refractivity contribution in [3.8, 4) is 11.3 Å². The van der Waals surface area contributed by atoms with E-state index in [0.717, 1.165) is 17.7 Å². The van der Waals surface area contributed by atoms with Crippen molar-refractivity contribution < 1.29 is 38.3 Å². The molecule has 4 heterocycles. The van der Waals surface area contributed by atoms with Crippen LogP contribution in [0.2, 0.25) is 0 Å². The van der Waals surface area contributed by atoms with Crippen molar-refractivity contribution in [2.24, 2.45) is 0 Å². The van der Waals surface area contributed by atoms with Crippen molar-refractivity contribution in [2.45, 2.75) is 54.1 Å². The number of benzene rings is 1. The predicted octanol–water partition coefficient (Wildman–Crippen LogP) is 1.99. The molecule has 0 aliphatic carbocycles. The summed E-state index contributed by atoms with van der Waals surface area (Å²) in [7, 11) is -1.43. The number of halogens is 3. The molecule has 2 aromatic heterocycles. The van der Waals surface area contributed by atoms with Gasteiger partial charge in [-0.1, -0.05) is 11.3 Å². The Hall–Kier alpha value is -2.55. The number of pyridine rings is 1. The van der Waals surface area contributed by atoms with E-state index in [0.29, 0.717) is 31.7 Å². The zero-order valence-corrected chi connectivity index (χ0v) is 22.1. The number of hydrogen-bond donors (Lipinski definition) is 5. The van der Waals surface area contributed by atoms with Gasteiger partial charge in [-0.15, -0.1) is 5.10 Å². The van der Waals surface area contributed by atoms with Gasteiger partial charge in [0.15, 0.2) is 17.5 Å². The van der Waals surface area contributed by atoms with Gasteiger partial charge in [0.25, 0.3) is 0 Å². The molecule has 4 N–H and O–H groups in total. The molecule has 39 heavy (non-hydrogen) atoms. The lowest BCUT2D eigenvalue weighted by atomic mass is 9.87. The number of aliphatic hydroxyl groups excluding tert-OH is 3. The molecule has 13 heteroatoms. The van der Waals surface area contributed by atoms with Crippen molar-refractivity contribution in [1.29, 1.82) is 0 Å². The first kappa shape index (κ1) is 28.0. The lowest BCUT2D eigenvalue weighted by Gasteiger charge is -2.52. The third kappa shape index (κ3) is 5.19. The van der Waals surface area contributed by atoms with Crippen molar-refractivity contribution >= 4 is 10.9 Å². The van der Waals surface area contributed by atoms with Crippen LogP contribution in [0.5, 0.6) is 0 Å². The molecule has 3 aromatic rings. The Balaban J connectivity index is 1.49. The summed E-state index contributed by atoms with van der Waals surface area (Å²) < 4.78 is 47.6. The topological polar surface area (TPSA) is 134 Å². The van der Waals surface area contributed by atoms with Gasteiger partial charge in [0, 0.05) is 48.8 Å². The minimum absolute atomic E-state index is 0.0130. The number of aromatic nitrogens is 4. The Kier molecular flexibility index (Phi) is 8.00. The van der Waals surface area contributed by atoms with Crippen molar-refractivity contribution in [1.82, 2.24) is 20.0 Å². The molecule has 1 unspecified atom stereocenters. The van der Waals surface area contributed by atoms with Crippen LogP contribution in [-0.4, -0.2) is 89.0 Å². The number of aryl methyl sites for hydroxylation is 1. The van der Waals surface area contributed by atoms with Crippen LogP contribution in [0.1, 0.15) is 35.4 Å². The second kappa shape index (κ2) is 11.1. The first-order valence-electron chi connectivity index (χ1n) is 12.7. The monoisotopic (exact) mass is 568 g/mol. The molecule has 0 saturated carbocycles. The number of rotatable bonds is 6. The van der Waals surface area contributed by atoms with Crippen molar-refractivity contribution in [3.05, 3.63) is 65.4 Å². The van der Waals surface area contributed by atoms with Crippen LogP contribution in [0.4, 0.5) is 13.2 Å². The molecule has 9 nitrogen and oxygen atoms in total. The second-order valence-electron chi connectivity index (χ2n) is 10.2. The Labute approximate surface area is 225 Å². The van der Waals surface area contributed by atoms with Crippen LogP contribution < -0.4 is 0 Å². The van der Waals surface area contributed by atoms with Gasteiger partial charge >= 0.3 is 0 Å². The van der Waals surface area contributed by atoms with Crippen LogP contribution in [0.15, 0.2) is 36.7 Å². The maximum absolute atomic E-state index is 13.8. The smallest absolute Gasteiger partial charge is 0.194 e. The Morgan fingerprint density at radius 1 is 1.18 bits per heavy atom. The molecule has 2 aliphatic rings. The zero-order valence-electron chi connectivity index (χ0n) is 21.2. The van der Waals surface area contributed by atoms with Gasteiger partial charge in [0.2, 0.25) is 0 Å². The Morgan fingerprint density at radius 2 is 1.87 bits per heavy atom. The summed E-state index contributed by atoms with van der Waals surface area (Å²) >= 11 is 0. The van der Waals surface area contributed by atoms with Crippen LogP contribution >= 0.6 is 10.9 Å². The van der Waals surface area contributed by atoms with Gasteiger partial charge in [0.05, 0.1) is 41.6 Å². The van der Waals surface area contributed by atoms with Gasteiger partial charge in [-0.3, -0.25) is 4.98 Å². The van der Waals surface area contributed by atoms with Crippen LogP contribution in [-0.2, 0) is 4.74 Å². The highest BCUT2D eigenvalue weighted by Gasteiger charge is 2.52. The molecular formula is C26H31F3N4O5S. The van der Waals surface area contributed by atoms with E-state index in [1.54, 1.807) is 12.3 Å². The lowest BCUT2D eigenvalue weighted by Crippen LogP contribution is -2.53. The van der Waals surface area contributed by atoms with Gasteiger partial charge in [-0.25, -0.2) is 28.7 Å². The lowest BCUT2D eigenvalue weighted by molar-refractivity contribution is -0.0664. The molecule has 2 saturated heterocycles. The number of thiol groups is 1. The van der Waals surface area contributed by atoms with Crippen molar-refractivity contribution in [3.63, 3.8) is 0 Å². The summed E-state index contributed by atoms with van der Waals surface area (Å²) in [5.74, 6) is -4.22. The molecule has 1 aromatic carbocycles. The quantitative estimate of drug-likeness (QED) is 0.225. The van der Waals surface area contributed by atoms with E-state index in [1.807, 2.05) is 13.0 Å². The molecule has 6 atom stereocenters. The molecule has 212 valence electrons. The molecule has 2 fully saturated rings. The number of nitrogens with zero attached hydrogens (tertiary/aromatic N) is 4. The van der Waals surface area contributed by atoms with Crippen molar-refractivity contribution in [2.75, 3.05) is 25.6 Å². The molecule has 2 aliphatic heterocycles. The van der Waals surface area contributed by atoms with E-state index in [1.165, 1.54) is 10.9 Å². The van der Waals surface area contributed by atoms with E-state index < -0.39 is 69.3 Å². The average molecular weight is 569 g/mol. The van der Waals surface area contributed by atoms with Gasteiger partial charge < -0.3 is 25.2 Å². The molecule has 0 amide bonds. The molecule has 5 rings (SSSR count).